The van der Waals surface area contributed by atoms with Crippen LogP contribution in [0.5, 0.6) is 0 Å². The monoisotopic (exact) mass is 336 g/mol. The molecule has 4 rings (SSSR count). The molecule has 2 aliphatic heterocycles. The fourth-order valence-corrected chi connectivity index (χ4v) is 3.83. The Hall–Kier alpha value is -1.92. The fraction of sp³-hybridized carbons (Fsp3) is 0.647. The van der Waals surface area contributed by atoms with Gasteiger partial charge in [0.2, 0.25) is 0 Å². The van der Waals surface area contributed by atoms with E-state index in [1.54, 1.807) is 17.3 Å². The summed E-state index contributed by atoms with van der Waals surface area (Å²) in [6, 6.07) is 3.76. The summed E-state index contributed by atoms with van der Waals surface area (Å²) in [6.07, 6.45) is 5.51. The van der Waals surface area contributed by atoms with Crippen molar-refractivity contribution in [1.82, 2.24) is 15.2 Å². The fourth-order valence-electron chi connectivity index (χ4n) is 3.83. The molecule has 3 heterocycles. The van der Waals surface area contributed by atoms with Crippen molar-refractivity contribution in [2.75, 3.05) is 31.1 Å². The van der Waals surface area contributed by atoms with Gasteiger partial charge in [-0.25, -0.2) is 13.6 Å². The van der Waals surface area contributed by atoms with Gasteiger partial charge in [0.1, 0.15) is 0 Å². The second kappa shape index (κ2) is 5.57. The van der Waals surface area contributed by atoms with Gasteiger partial charge in [0, 0.05) is 44.8 Å². The van der Waals surface area contributed by atoms with Crippen molar-refractivity contribution in [2.45, 2.75) is 37.6 Å². The summed E-state index contributed by atoms with van der Waals surface area (Å²) in [4.78, 5) is 19.9. The lowest BCUT2D eigenvalue weighted by Gasteiger charge is -2.45. The molecule has 1 spiro atoms. The minimum atomic E-state index is -2.75. The molecule has 24 heavy (non-hydrogen) atoms. The van der Waals surface area contributed by atoms with Gasteiger partial charge in [-0.3, -0.25) is 4.98 Å². The quantitative estimate of drug-likeness (QED) is 0.903. The van der Waals surface area contributed by atoms with Crippen LogP contribution in [-0.4, -0.2) is 54.1 Å². The average molecular weight is 336 g/mol. The van der Waals surface area contributed by atoms with Crippen LogP contribution >= 0.6 is 0 Å². The van der Waals surface area contributed by atoms with E-state index in [-0.39, 0.29) is 38.1 Å². The summed E-state index contributed by atoms with van der Waals surface area (Å²) in [6.45, 7) is 1.08. The van der Waals surface area contributed by atoms with E-state index in [2.05, 4.69) is 10.3 Å². The molecule has 0 radical (unpaired) electrons. The molecule has 7 heteroatoms. The first-order valence-corrected chi connectivity index (χ1v) is 8.57. The Labute approximate surface area is 140 Å². The highest BCUT2D eigenvalue weighted by Gasteiger charge is 2.60. The Morgan fingerprint density at radius 2 is 2.08 bits per heavy atom. The summed E-state index contributed by atoms with van der Waals surface area (Å²) in [5.41, 5.74) is -0.299. The van der Waals surface area contributed by atoms with Gasteiger partial charge >= 0.3 is 6.03 Å². The van der Waals surface area contributed by atoms with Crippen molar-refractivity contribution < 1.29 is 13.6 Å². The number of nitrogens with zero attached hydrogens (tertiary/aromatic N) is 3. The van der Waals surface area contributed by atoms with Gasteiger partial charge < -0.3 is 15.1 Å². The molecular weight excluding hydrogens is 314 g/mol. The van der Waals surface area contributed by atoms with Gasteiger partial charge in [0.05, 0.1) is 17.3 Å². The normalized spacial score (nSPS) is 29.1. The zero-order chi connectivity index (χ0) is 16.8. The standard InChI is InChI=1S/C17H22F2N4O/c18-17(19)6-9-23(15(24)21-13-3-4-13)12-16(17)5-8-22(11-16)14-2-1-7-20-10-14/h1-2,7,10,13H,3-6,8-9,11-12H2,(H,21,24)/t16-/m0/s1. The van der Waals surface area contributed by atoms with Gasteiger partial charge in [-0.2, -0.15) is 0 Å². The zero-order valence-electron chi connectivity index (χ0n) is 13.5. The first-order valence-electron chi connectivity index (χ1n) is 8.57. The van der Waals surface area contributed by atoms with E-state index in [0.717, 1.165) is 18.5 Å². The number of urea groups is 1. The Balaban J connectivity index is 1.51. The summed E-state index contributed by atoms with van der Waals surface area (Å²) in [7, 11) is 0. The van der Waals surface area contributed by atoms with E-state index in [4.69, 9.17) is 0 Å². The van der Waals surface area contributed by atoms with Crippen LogP contribution < -0.4 is 10.2 Å². The van der Waals surface area contributed by atoms with E-state index >= 15 is 0 Å². The summed E-state index contributed by atoms with van der Waals surface area (Å²) >= 11 is 0. The molecule has 3 aliphatic rings. The molecule has 2 saturated heterocycles. The number of likely N-dealkylation sites (tertiary alicyclic amines) is 1. The third-order valence-electron chi connectivity index (χ3n) is 5.52. The third kappa shape index (κ3) is 2.70. The van der Waals surface area contributed by atoms with Crippen molar-refractivity contribution >= 4 is 11.7 Å². The largest absolute Gasteiger partial charge is 0.369 e. The van der Waals surface area contributed by atoms with Crippen LogP contribution in [0.2, 0.25) is 0 Å². The lowest BCUT2D eigenvalue weighted by molar-refractivity contribution is -0.149. The van der Waals surface area contributed by atoms with Crippen LogP contribution in [0.15, 0.2) is 24.5 Å². The van der Waals surface area contributed by atoms with Crippen molar-refractivity contribution in [2.24, 2.45) is 5.41 Å². The van der Waals surface area contributed by atoms with Gasteiger partial charge in [-0.05, 0) is 31.4 Å². The van der Waals surface area contributed by atoms with E-state index in [9.17, 15) is 13.6 Å². The lowest BCUT2D eigenvalue weighted by atomic mass is 9.75. The van der Waals surface area contributed by atoms with Crippen LogP contribution in [0.4, 0.5) is 19.3 Å². The molecule has 2 amide bonds. The third-order valence-corrected chi connectivity index (χ3v) is 5.52. The molecule has 1 atom stereocenters. The maximum absolute atomic E-state index is 14.8. The van der Waals surface area contributed by atoms with Crippen LogP contribution in [0.3, 0.4) is 0 Å². The first kappa shape index (κ1) is 15.6. The zero-order valence-corrected chi connectivity index (χ0v) is 13.5. The molecule has 0 unspecified atom stereocenters. The minimum absolute atomic E-state index is 0.120. The van der Waals surface area contributed by atoms with E-state index in [0.29, 0.717) is 13.0 Å². The van der Waals surface area contributed by atoms with Crippen LogP contribution in [-0.2, 0) is 0 Å². The van der Waals surface area contributed by atoms with Crippen LogP contribution in [0.1, 0.15) is 25.7 Å². The van der Waals surface area contributed by atoms with E-state index < -0.39 is 11.3 Å². The predicted molar refractivity (Wildman–Crippen MR) is 86.2 cm³/mol. The average Bonchev–Trinajstić information content (AvgIpc) is 3.28. The SMILES string of the molecule is O=C(NC1CC1)N1CCC(F)(F)[C@]2(CCN(c3cccnc3)C2)C1. The second-order valence-corrected chi connectivity index (χ2v) is 7.26. The van der Waals surface area contributed by atoms with Crippen LogP contribution in [0.25, 0.3) is 0 Å². The Morgan fingerprint density at radius 1 is 1.25 bits per heavy atom. The highest BCUT2D eigenvalue weighted by molar-refractivity contribution is 5.75. The van der Waals surface area contributed by atoms with E-state index in [1.165, 1.54) is 0 Å². The number of carbonyl (C=O) groups is 1. The molecule has 3 fully saturated rings. The Kier molecular flexibility index (Phi) is 3.62. The lowest BCUT2D eigenvalue weighted by Crippen LogP contribution is -2.59. The summed E-state index contributed by atoms with van der Waals surface area (Å²) < 4.78 is 29.5. The van der Waals surface area contributed by atoms with Gasteiger partial charge in [0.25, 0.3) is 5.92 Å². The molecule has 1 saturated carbocycles. The maximum Gasteiger partial charge on any atom is 0.317 e. The number of anilines is 1. The molecular formula is C17H22F2N4O. The van der Waals surface area contributed by atoms with Crippen LogP contribution in [0, 0.1) is 5.41 Å². The van der Waals surface area contributed by atoms with E-state index in [1.807, 2.05) is 17.0 Å². The van der Waals surface area contributed by atoms with Crippen molar-refractivity contribution in [3.05, 3.63) is 24.5 Å². The van der Waals surface area contributed by atoms with Gasteiger partial charge in [-0.1, -0.05) is 0 Å². The number of piperidine rings is 1. The van der Waals surface area contributed by atoms with Crippen molar-refractivity contribution in [3.8, 4) is 0 Å². The molecule has 1 aromatic rings. The smallest absolute Gasteiger partial charge is 0.317 e. The second-order valence-electron chi connectivity index (χ2n) is 7.26. The number of pyridine rings is 1. The number of halogens is 2. The number of alkyl halides is 2. The van der Waals surface area contributed by atoms with Gasteiger partial charge in [0.15, 0.2) is 0 Å². The van der Waals surface area contributed by atoms with Crippen molar-refractivity contribution in [3.63, 3.8) is 0 Å². The molecule has 1 aliphatic carbocycles. The highest BCUT2D eigenvalue weighted by Crippen LogP contribution is 2.50. The number of aromatic nitrogens is 1. The highest BCUT2D eigenvalue weighted by atomic mass is 19.3. The number of carbonyl (C=O) groups excluding carboxylic acids is 1. The number of hydrogen-bond acceptors (Lipinski definition) is 3. The first-order chi connectivity index (χ1) is 11.5. The number of nitrogens with one attached hydrogen (secondary N) is 1. The summed E-state index contributed by atoms with van der Waals surface area (Å²) in [5, 5.41) is 2.92. The molecule has 1 aromatic heterocycles. The predicted octanol–water partition coefficient (Wildman–Crippen LogP) is 2.49. The Morgan fingerprint density at radius 3 is 2.79 bits per heavy atom. The molecule has 0 bridgehead atoms. The van der Waals surface area contributed by atoms with Gasteiger partial charge in [-0.15, -0.1) is 0 Å². The number of hydrogen-bond donors (Lipinski definition) is 1. The molecule has 5 nitrogen and oxygen atoms in total. The number of amides is 2. The maximum atomic E-state index is 14.8. The molecule has 0 aromatic carbocycles. The molecule has 1 N–H and O–H groups in total. The summed E-state index contributed by atoms with van der Waals surface area (Å²) in [5.74, 6) is -2.75. The number of rotatable bonds is 2. The minimum Gasteiger partial charge on any atom is -0.369 e. The Bertz CT molecular complexity index is 622. The topological polar surface area (TPSA) is 48.5 Å². The van der Waals surface area contributed by atoms with Crippen molar-refractivity contribution in [1.29, 1.82) is 0 Å². The molecule has 130 valence electrons.